The monoisotopic (exact) mass is 347 g/mol. The number of unbranched alkanes of at least 4 members (excludes halogenated alkanes) is 6. The van der Waals surface area contributed by atoms with E-state index in [1.165, 1.54) is 44.9 Å². The van der Waals surface area contributed by atoms with E-state index in [9.17, 15) is 5.11 Å². The molecule has 1 unspecified atom stereocenters. The highest BCUT2D eigenvalue weighted by atomic mass is 16.3. The molecule has 0 aliphatic rings. The molecule has 140 valence electrons. The van der Waals surface area contributed by atoms with Gasteiger partial charge in [0, 0.05) is 26.7 Å². The van der Waals surface area contributed by atoms with E-state index in [2.05, 4.69) is 26.4 Å². The maximum absolute atomic E-state index is 9.48. The van der Waals surface area contributed by atoms with Crippen molar-refractivity contribution in [1.29, 1.82) is 0 Å². The van der Waals surface area contributed by atoms with Crippen LogP contribution in [0.25, 0.3) is 11.2 Å². The summed E-state index contributed by atoms with van der Waals surface area (Å²) in [5.74, 6) is 0.836. The molecule has 1 atom stereocenters. The average Bonchev–Trinajstić information content (AvgIpc) is 3.03. The number of aliphatic hydroxyl groups excluding tert-OH is 1. The van der Waals surface area contributed by atoms with Gasteiger partial charge in [-0.15, -0.1) is 0 Å². The molecule has 0 saturated carbocycles. The van der Waals surface area contributed by atoms with Crippen LogP contribution in [0, 0.1) is 0 Å². The molecule has 25 heavy (non-hydrogen) atoms. The molecule has 0 spiro atoms. The molecule has 0 aromatic carbocycles. The SMILES string of the molecule is CCCCCCCCCC(CCO)n1cnc2c(N(C)C)ncnc21. The Morgan fingerprint density at radius 3 is 2.40 bits per heavy atom. The van der Waals surface area contributed by atoms with Crippen molar-refractivity contribution in [3.63, 3.8) is 0 Å². The minimum Gasteiger partial charge on any atom is -0.396 e. The third kappa shape index (κ3) is 5.39. The number of rotatable bonds is 12. The molecule has 0 bridgehead atoms. The van der Waals surface area contributed by atoms with Crippen LogP contribution in [0.1, 0.15) is 70.8 Å². The van der Waals surface area contributed by atoms with E-state index in [1.54, 1.807) is 6.33 Å². The lowest BCUT2D eigenvalue weighted by atomic mass is 10.0. The number of nitrogens with zero attached hydrogens (tertiary/aromatic N) is 5. The number of imidazole rings is 1. The number of hydrogen-bond donors (Lipinski definition) is 1. The predicted molar refractivity (Wildman–Crippen MR) is 103 cm³/mol. The van der Waals surface area contributed by atoms with E-state index in [0.717, 1.165) is 29.8 Å². The molecule has 2 rings (SSSR count). The topological polar surface area (TPSA) is 67.1 Å². The number of aliphatic hydroxyl groups is 1. The zero-order valence-corrected chi connectivity index (χ0v) is 16.0. The Labute approximate surface area is 151 Å². The molecule has 0 amide bonds. The van der Waals surface area contributed by atoms with Gasteiger partial charge in [0.2, 0.25) is 0 Å². The lowest BCUT2D eigenvalue weighted by Crippen LogP contribution is -2.13. The van der Waals surface area contributed by atoms with Gasteiger partial charge in [-0.2, -0.15) is 0 Å². The fourth-order valence-corrected chi connectivity index (χ4v) is 3.34. The Bertz CT molecular complexity index is 625. The predicted octanol–water partition coefficient (Wildman–Crippen LogP) is 3.96. The van der Waals surface area contributed by atoms with E-state index in [1.807, 2.05) is 25.3 Å². The Morgan fingerprint density at radius 2 is 1.72 bits per heavy atom. The lowest BCUT2D eigenvalue weighted by molar-refractivity contribution is 0.251. The van der Waals surface area contributed by atoms with Crippen LogP contribution in [-0.4, -0.2) is 45.3 Å². The lowest BCUT2D eigenvalue weighted by Gasteiger charge is -2.18. The Hall–Kier alpha value is -1.69. The van der Waals surface area contributed by atoms with Crippen LogP contribution in [0.2, 0.25) is 0 Å². The third-order valence-electron chi connectivity index (χ3n) is 4.76. The first-order chi connectivity index (χ1) is 12.2. The Kier molecular flexibility index (Phi) is 8.12. The van der Waals surface area contributed by atoms with Gasteiger partial charge >= 0.3 is 0 Å². The molecule has 0 radical (unpaired) electrons. The third-order valence-corrected chi connectivity index (χ3v) is 4.76. The van der Waals surface area contributed by atoms with Crippen LogP contribution >= 0.6 is 0 Å². The van der Waals surface area contributed by atoms with Crippen LogP contribution in [-0.2, 0) is 0 Å². The molecule has 2 aromatic rings. The molecular weight excluding hydrogens is 314 g/mol. The summed E-state index contributed by atoms with van der Waals surface area (Å²) in [6.45, 7) is 2.44. The van der Waals surface area contributed by atoms with E-state index < -0.39 is 0 Å². The highest BCUT2D eigenvalue weighted by Crippen LogP contribution is 2.27. The Morgan fingerprint density at radius 1 is 1.00 bits per heavy atom. The first-order valence-corrected chi connectivity index (χ1v) is 9.64. The molecule has 0 saturated heterocycles. The van der Waals surface area contributed by atoms with E-state index in [-0.39, 0.29) is 12.6 Å². The van der Waals surface area contributed by atoms with Crippen molar-refractivity contribution < 1.29 is 5.11 Å². The molecule has 1 N–H and O–H groups in total. The van der Waals surface area contributed by atoms with Gasteiger partial charge < -0.3 is 14.6 Å². The second-order valence-corrected chi connectivity index (χ2v) is 6.99. The van der Waals surface area contributed by atoms with Crippen molar-refractivity contribution >= 4 is 17.0 Å². The fraction of sp³-hybridized carbons (Fsp3) is 0.737. The average molecular weight is 348 g/mol. The van der Waals surface area contributed by atoms with Gasteiger partial charge in [-0.3, -0.25) is 0 Å². The zero-order valence-electron chi connectivity index (χ0n) is 16.0. The summed E-state index contributed by atoms with van der Waals surface area (Å²) in [5.41, 5.74) is 1.69. The van der Waals surface area contributed by atoms with Crippen molar-refractivity contribution in [1.82, 2.24) is 19.5 Å². The van der Waals surface area contributed by atoms with Gasteiger partial charge in [0.15, 0.2) is 17.0 Å². The van der Waals surface area contributed by atoms with Gasteiger partial charge in [-0.25, -0.2) is 15.0 Å². The minimum atomic E-state index is 0.187. The molecule has 0 aliphatic carbocycles. The normalized spacial score (nSPS) is 12.6. The highest BCUT2D eigenvalue weighted by molar-refractivity contribution is 5.83. The van der Waals surface area contributed by atoms with Gasteiger partial charge in [0.25, 0.3) is 0 Å². The maximum Gasteiger partial charge on any atom is 0.165 e. The number of hydrogen-bond acceptors (Lipinski definition) is 5. The Balaban J connectivity index is 2.00. The smallest absolute Gasteiger partial charge is 0.165 e. The zero-order chi connectivity index (χ0) is 18.1. The summed E-state index contributed by atoms with van der Waals surface area (Å²) in [4.78, 5) is 15.3. The minimum absolute atomic E-state index is 0.187. The number of fused-ring (bicyclic) bond motifs is 1. The molecule has 2 heterocycles. The first-order valence-electron chi connectivity index (χ1n) is 9.64. The van der Waals surface area contributed by atoms with Crippen molar-refractivity contribution in [2.24, 2.45) is 0 Å². The molecule has 0 aliphatic heterocycles. The standard InChI is InChI=1S/C19H33N5O/c1-4-5-6-7-8-9-10-11-16(12-13-25)24-15-22-17-18(23(2)3)20-14-21-19(17)24/h14-16,25H,4-13H2,1-3H3. The van der Waals surface area contributed by atoms with E-state index in [4.69, 9.17) is 0 Å². The number of anilines is 1. The quantitative estimate of drug-likeness (QED) is 0.589. The highest BCUT2D eigenvalue weighted by Gasteiger charge is 2.17. The summed E-state index contributed by atoms with van der Waals surface area (Å²) in [6, 6.07) is 0.246. The molecular formula is C19H33N5O. The van der Waals surface area contributed by atoms with Crippen LogP contribution < -0.4 is 4.90 Å². The summed E-state index contributed by atoms with van der Waals surface area (Å²) in [5, 5.41) is 9.48. The van der Waals surface area contributed by atoms with Crippen molar-refractivity contribution in [2.75, 3.05) is 25.6 Å². The van der Waals surface area contributed by atoms with Gasteiger partial charge in [-0.1, -0.05) is 51.9 Å². The van der Waals surface area contributed by atoms with Crippen LogP contribution in [0.3, 0.4) is 0 Å². The van der Waals surface area contributed by atoms with Crippen LogP contribution in [0.5, 0.6) is 0 Å². The fourth-order valence-electron chi connectivity index (χ4n) is 3.34. The molecule has 6 nitrogen and oxygen atoms in total. The van der Waals surface area contributed by atoms with Crippen LogP contribution in [0.4, 0.5) is 5.82 Å². The van der Waals surface area contributed by atoms with Gasteiger partial charge in [-0.05, 0) is 12.8 Å². The van der Waals surface area contributed by atoms with Gasteiger partial charge in [0.1, 0.15) is 6.33 Å². The molecule has 6 heteroatoms. The second kappa shape index (κ2) is 10.3. The van der Waals surface area contributed by atoms with Crippen LogP contribution in [0.15, 0.2) is 12.7 Å². The molecule has 2 aromatic heterocycles. The summed E-state index contributed by atoms with van der Waals surface area (Å²) >= 11 is 0. The second-order valence-electron chi connectivity index (χ2n) is 6.99. The summed E-state index contributed by atoms with van der Waals surface area (Å²) in [7, 11) is 3.93. The van der Waals surface area contributed by atoms with E-state index in [0.29, 0.717) is 0 Å². The van der Waals surface area contributed by atoms with Crippen molar-refractivity contribution in [3.05, 3.63) is 12.7 Å². The van der Waals surface area contributed by atoms with Crippen molar-refractivity contribution in [2.45, 2.75) is 70.8 Å². The summed E-state index contributed by atoms with van der Waals surface area (Å²) < 4.78 is 2.12. The van der Waals surface area contributed by atoms with E-state index >= 15 is 0 Å². The molecule has 0 fully saturated rings. The number of aromatic nitrogens is 4. The van der Waals surface area contributed by atoms with Crippen molar-refractivity contribution in [3.8, 4) is 0 Å². The maximum atomic E-state index is 9.48. The first kappa shape index (κ1) is 19.6. The summed E-state index contributed by atoms with van der Waals surface area (Å²) in [6.07, 6.45) is 14.3. The largest absolute Gasteiger partial charge is 0.396 e. The van der Waals surface area contributed by atoms with Gasteiger partial charge in [0.05, 0.1) is 6.33 Å².